The molecule has 0 aliphatic carbocycles. The van der Waals surface area contributed by atoms with Crippen molar-refractivity contribution in [1.29, 1.82) is 0 Å². The summed E-state index contributed by atoms with van der Waals surface area (Å²) < 4.78 is 33.8. The maximum atomic E-state index is 11.3. The Morgan fingerprint density at radius 1 is 1.10 bits per heavy atom. The van der Waals surface area contributed by atoms with E-state index in [1.165, 1.54) is 14.1 Å². The molecule has 0 heterocycles. The molecule has 0 atom stereocenters. The second kappa shape index (κ2) is 5.53. The van der Waals surface area contributed by atoms with Crippen molar-refractivity contribution in [2.45, 2.75) is 20.0 Å². The molecular formula is C6H14F3N. The third-order valence-corrected chi connectivity index (χ3v) is 0.496. The van der Waals surface area contributed by atoms with E-state index in [1.54, 1.807) is 0 Å². The highest BCUT2D eigenvalue weighted by atomic mass is 19.4. The molecule has 0 aromatic carbocycles. The van der Waals surface area contributed by atoms with E-state index >= 15 is 0 Å². The third-order valence-electron chi connectivity index (χ3n) is 0.496. The lowest BCUT2D eigenvalue weighted by molar-refractivity contribution is -0.140. The minimum atomic E-state index is -4.05. The molecule has 0 saturated heterocycles. The zero-order valence-electron chi connectivity index (χ0n) is 6.79. The highest BCUT2D eigenvalue weighted by Crippen LogP contribution is 2.14. The van der Waals surface area contributed by atoms with E-state index in [4.69, 9.17) is 0 Å². The van der Waals surface area contributed by atoms with E-state index in [2.05, 4.69) is 0 Å². The van der Waals surface area contributed by atoms with Crippen molar-refractivity contribution in [2.24, 2.45) is 0 Å². The van der Waals surface area contributed by atoms with Gasteiger partial charge in [0.25, 0.3) is 0 Å². The molecule has 0 aliphatic heterocycles. The van der Waals surface area contributed by atoms with E-state index in [-0.39, 0.29) is 0 Å². The fourth-order valence-electron chi connectivity index (χ4n) is 0.359. The maximum Gasteiger partial charge on any atom is 0.401 e. The monoisotopic (exact) mass is 157 g/mol. The fourth-order valence-corrected chi connectivity index (χ4v) is 0.359. The summed E-state index contributed by atoms with van der Waals surface area (Å²) in [6, 6.07) is 0. The van der Waals surface area contributed by atoms with Crippen LogP contribution in [0.3, 0.4) is 0 Å². The summed E-state index contributed by atoms with van der Waals surface area (Å²) in [6.45, 7) is 3.16. The molecule has 1 nitrogen and oxygen atoms in total. The first-order valence-electron chi connectivity index (χ1n) is 3.13. The summed E-state index contributed by atoms with van der Waals surface area (Å²) in [5.41, 5.74) is 0. The van der Waals surface area contributed by atoms with Crippen LogP contribution in [0.1, 0.15) is 13.8 Å². The van der Waals surface area contributed by atoms with Crippen LogP contribution in [0, 0.1) is 0 Å². The average molecular weight is 157 g/mol. The van der Waals surface area contributed by atoms with Crippen molar-refractivity contribution in [3.63, 3.8) is 0 Å². The Morgan fingerprint density at radius 2 is 1.40 bits per heavy atom. The van der Waals surface area contributed by atoms with Crippen molar-refractivity contribution in [2.75, 3.05) is 20.6 Å². The van der Waals surface area contributed by atoms with Gasteiger partial charge in [-0.25, -0.2) is 0 Å². The number of nitrogens with zero attached hydrogens (tertiary/aromatic N) is 1. The number of hydrogen-bond acceptors (Lipinski definition) is 1. The van der Waals surface area contributed by atoms with Crippen molar-refractivity contribution in [3.8, 4) is 0 Å². The van der Waals surface area contributed by atoms with Crippen molar-refractivity contribution in [1.82, 2.24) is 4.90 Å². The molecule has 64 valence electrons. The summed E-state index contributed by atoms with van der Waals surface area (Å²) >= 11 is 0. The Kier molecular flexibility index (Phi) is 6.87. The lowest BCUT2D eigenvalue weighted by Gasteiger charge is -2.11. The van der Waals surface area contributed by atoms with Gasteiger partial charge in [0.15, 0.2) is 0 Å². The fraction of sp³-hybridized carbons (Fsp3) is 1.00. The van der Waals surface area contributed by atoms with Crippen LogP contribution in [0.2, 0.25) is 0 Å². The van der Waals surface area contributed by atoms with Crippen LogP contribution >= 0.6 is 0 Å². The predicted molar refractivity (Wildman–Crippen MR) is 36.0 cm³/mol. The van der Waals surface area contributed by atoms with Crippen molar-refractivity contribution < 1.29 is 13.2 Å². The Bertz CT molecular complexity index is 67.9. The van der Waals surface area contributed by atoms with E-state index in [0.717, 1.165) is 4.90 Å². The minimum absolute atomic E-state index is 0.840. The summed E-state index contributed by atoms with van der Waals surface area (Å²) in [6.07, 6.45) is -4.05. The molecule has 0 radical (unpaired) electrons. The topological polar surface area (TPSA) is 3.24 Å². The molecule has 0 unspecified atom stereocenters. The summed E-state index contributed by atoms with van der Waals surface area (Å²) in [5.74, 6) is 0. The molecule has 0 N–H and O–H groups in total. The smallest absolute Gasteiger partial charge is 0.301 e. The quantitative estimate of drug-likeness (QED) is 0.563. The minimum Gasteiger partial charge on any atom is -0.301 e. The maximum absolute atomic E-state index is 11.3. The van der Waals surface area contributed by atoms with Gasteiger partial charge in [-0.05, 0) is 14.1 Å². The van der Waals surface area contributed by atoms with E-state index in [0.29, 0.717) is 0 Å². The SMILES string of the molecule is CC.CN(C)CC(F)(F)F. The van der Waals surface area contributed by atoms with Crippen LogP contribution in [-0.4, -0.2) is 31.7 Å². The van der Waals surface area contributed by atoms with Crippen molar-refractivity contribution >= 4 is 0 Å². The van der Waals surface area contributed by atoms with Gasteiger partial charge in [0.05, 0.1) is 6.54 Å². The van der Waals surface area contributed by atoms with Gasteiger partial charge in [-0.3, -0.25) is 0 Å². The van der Waals surface area contributed by atoms with Crippen LogP contribution in [0.15, 0.2) is 0 Å². The molecular weight excluding hydrogens is 143 g/mol. The molecule has 0 bridgehead atoms. The molecule has 0 aliphatic rings. The lowest BCUT2D eigenvalue weighted by atomic mass is 10.6. The van der Waals surface area contributed by atoms with Crippen LogP contribution in [0.5, 0.6) is 0 Å². The van der Waals surface area contributed by atoms with Gasteiger partial charge in [0.1, 0.15) is 0 Å². The predicted octanol–water partition coefficient (Wildman–Crippen LogP) is 2.14. The van der Waals surface area contributed by atoms with Crippen LogP contribution in [0.25, 0.3) is 0 Å². The van der Waals surface area contributed by atoms with Gasteiger partial charge in [-0.2, -0.15) is 13.2 Å². The molecule has 0 amide bonds. The molecule has 10 heavy (non-hydrogen) atoms. The summed E-state index contributed by atoms with van der Waals surface area (Å²) in [5, 5.41) is 0. The molecule has 0 spiro atoms. The molecule has 0 aromatic heterocycles. The van der Waals surface area contributed by atoms with Gasteiger partial charge in [-0.15, -0.1) is 0 Å². The second-order valence-electron chi connectivity index (χ2n) is 1.85. The molecule has 0 saturated carbocycles. The van der Waals surface area contributed by atoms with Gasteiger partial charge in [-0.1, -0.05) is 13.8 Å². The van der Waals surface area contributed by atoms with E-state index in [9.17, 15) is 13.2 Å². The summed E-state index contributed by atoms with van der Waals surface area (Å²) in [7, 11) is 2.76. The third kappa shape index (κ3) is 15.7. The first kappa shape index (κ1) is 12.4. The molecule has 0 aromatic rings. The van der Waals surface area contributed by atoms with Crippen molar-refractivity contribution in [3.05, 3.63) is 0 Å². The van der Waals surface area contributed by atoms with Gasteiger partial charge in [0.2, 0.25) is 0 Å². The Labute approximate surface area is 59.8 Å². The Hall–Kier alpha value is -0.250. The van der Waals surface area contributed by atoms with Gasteiger partial charge in [0, 0.05) is 0 Å². The standard InChI is InChI=1S/C4H8F3N.C2H6/c1-8(2)3-4(5,6)7;1-2/h3H2,1-2H3;1-2H3. The second-order valence-corrected chi connectivity index (χ2v) is 1.85. The number of rotatable bonds is 1. The van der Waals surface area contributed by atoms with Gasteiger partial charge < -0.3 is 4.90 Å². The van der Waals surface area contributed by atoms with Gasteiger partial charge >= 0.3 is 6.18 Å². The number of hydrogen-bond donors (Lipinski definition) is 0. The largest absolute Gasteiger partial charge is 0.401 e. The Morgan fingerprint density at radius 3 is 1.40 bits per heavy atom. The average Bonchev–Trinajstić information content (AvgIpc) is 1.64. The Balaban J connectivity index is 0. The number of halogens is 3. The van der Waals surface area contributed by atoms with Crippen LogP contribution in [-0.2, 0) is 0 Å². The molecule has 0 rings (SSSR count). The molecule has 4 heteroatoms. The van der Waals surface area contributed by atoms with Crippen LogP contribution < -0.4 is 0 Å². The van der Waals surface area contributed by atoms with Crippen LogP contribution in [0.4, 0.5) is 13.2 Å². The zero-order chi connectivity index (χ0) is 8.78. The summed E-state index contributed by atoms with van der Waals surface area (Å²) in [4.78, 5) is 1.08. The highest BCUT2D eigenvalue weighted by molar-refractivity contribution is 4.52. The van der Waals surface area contributed by atoms with E-state index in [1.807, 2.05) is 13.8 Å². The highest BCUT2D eigenvalue weighted by Gasteiger charge is 2.27. The first-order valence-corrected chi connectivity index (χ1v) is 3.13. The number of alkyl halides is 3. The first-order chi connectivity index (χ1) is 4.42. The lowest BCUT2D eigenvalue weighted by Crippen LogP contribution is -2.27. The zero-order valence-corrected chi connectivity index (χ0v) is 6.79. The normalized spacial score (nSPS) is 10.8. The molecule has 0 fully saturated rings. The van der Waals surface area contributed by atoms with E-state index < -0.39 is 12.7 Å².